The van der Waals surface area contributed by atoms with Crippen molar-refractivity contribution in [1.82, 2.24) is 14.7 Å². The highest BCUT2D eigenvalue weighted by Crippen LogP contribution is 2.23. The molecular formula is C23H26N4O. The Morgan fingerprint density at radius 2 is 1.54 bits per heavy atom. The number of rotatable bonds is 4. The predicted molar refractivity (Wildman–Crippen MR) is 112 cm³/mol. The van der Waals surface area contributed by atoms with Crippen molar-refractivity contribution in [1.29, 1.82) is 0 Å². The highest BCUT2D eigenvalue weighted by molar-refractivity contribution is 5.76. The van der Waals surface area contributed by atoms with Crippen LogP contribution in [0.15, 0.2) is 60.7 Å². The number of aromatic nitrogens is 2. The molecule has 0 aliphatic carbocycles. The Kier molecular flexibility index (Phi) is 5.15. The van der Waals surface area contributed by atoms with Crippen LogP contribution in [0.1, 0.15) is 11.4 Å². The third kappa shape index (κ3) is 3.93. The topological polar surface area (TPSA) is 41.4 Å². The van der Waals surface area contributed by atoms with E-state index in [1.165, 1.54) is 16.8 Å². The lowest BCUT2D eigenvalue weighted by Crippen LogP contribution is -2.49. The van der Waals surface area contributed by atoms with Crippen molar-refractivity contribution < 1.29 is 4.79 Å². The van der Waals surface area contributed by atoms with Crippen molar-refractivity contribution in [3.05, 3.63) is 72.1 Å². The number of piperazine rings is 1. The average Bonchev–Trinajstić information content (AvgIpc) is 3.05. The third-order valence-corrected chi connectivity index (χ3v) is 5.36. The molecule has 3 aromatic rings. The zero-order valence-electron chi connectivity index (χ0n) is 16.5. The summed E-state index contributed by atoms with van der Waals surface area (Å²) in [6, 6.07) is 21.1. The monoisotopic (exact) mass is 374 g/mol. The highest BCUT2D eigenvalue weighted by Gasteiger charge is 2.22. The number of aryl methyl sites for hydroxylation is 2. The number of carbonyl (C=O) groups excluding carboxylic acids is 1. The van der Waals surface area contributed by atoms with Crippen LogP contribution in [-0.4, -0.2) is 46.8 Å². The Bertz CT molecular complexity index is 938. The first kappa shape index (κ1) is 18.3. The van der Waals surface area contributed by atoms with Gasteiger partial charge >= 0.3 is 0 Å². The summed E-state index contributed by atoms with van der Waals surface area (Å²) in [7, 11) is 0. The number of carbonyl (C=O) groups is 1. The van der Waals surface area contributed by atoms with Crippen LogP contribution in [-0.2, 0) is 11.3 Å². The van der Waals surface area contributed by atoms with E-state index in [1.54, 1.807) is 4.68 Å². The molecule has 4 rings (SSSR count). The largest absolute Gasteiger partial charge is 0.368 e. The molecule has 2 aromatic carbocycles. The number of benzene rings is 2. The maximum absolute atomic E-state index is 12.6. The van der Waals surface area contributed by atoms with Gasteiger partial charge in [0, 0.05) is 37.6 Å². The van der Waals surface area contributed by atoms with Gasteiger partial charge in [0.1, 0.15) is 6.54 Å². The Morgan fingerprint density at radius 3 is 2.14 bits per heavy atom. The molecule has 0 N–H and O–H groups in total. The van der Waals surface area contributed by atoms with Crippen LogP contribution >= 0.6 is 0 Å². The van der Waals surface area contributed by atoms with Crippen molar-refractivity contribution in [3.63, 3.8) is 0 Å². The summed E-state index contributed by atoms with van der Waals surface area (Å²) in [5, 5.41) is 4.40. The van der Waals surface area contributed by atoms with Crippen LogP contribution in [0.25, 0.3) is 11.1 Å². The van der Waals surface area contributed by atoms with E-state index in [9.17, 15) is 4.79 Å². The van der Waals surface area contributed by atoms with Crippen molar-refractivity contribution in [2.75, 3.05) is 31.1 Å². The molecule has 0 atom stereocenters. The molecule has 1 aliphatic rings. The third-order valence-electron chi connectivity index (χ3n) is 5.36. The molecule has 0 radical (unpaired) electrons. The van der Waals surface area contributed by atoms with E-state index in [-0.39, 0.29) is 5.91 Å². The minimum atomic E-state index is 0.144. The lowest BCUT2D eigenvalue weighted by atomic mass is 10.1. The summed E-state index contributed by atoms with van der Waals surface area (Å²) in [4.78, 5) is 16.9. The van der Waals surface area contributed by atoms with Gasteiger partial charge in [-0.15, -0.1) is 0 Å². The second kappa shape index (κ2) is 7.89. The molecule has 1 aromatic heterocycles. The Morgan fingerprint density at radius 1 is 0.893 bits per heavy atom. The van der Waals surface area contributed by atoms with Crippen LogP contribution in [0.3, 0.4) is 0 Å². The summed E-state index contributed by atoms with van der Waals surface area (Å²) in [5.74, 6) is 0.144. The summed E-state index contributed by atoms with van der Waals surface area (Å²) < 4.78 is 1.80. The Balaban J connectivity index is 1.35. The lowest BCUT2D eigenvalue weighted by Gasteiger charge is -2.36. The van der Waals surface area contributed by atoms with Crippen LogP contribution in [0, 0.1) is 13.8 Å². The first-order chi connectivity index (χ1) is 13.6. The van der Waals surface area contributed by atoms with Crippen LogP contribution in [0.4, 0.5) is 5.69 Å². The molecule has 1 fully saturated rings. The maximum atomic E-state index is 12.6. The quantitative estimate of drug-likeness (QED) is 0.702. The molecule has 0 unspecified atom stereocenters. The standard InChI is InChI=1S/C23H26N4O/c1-18-16-19(2)27(24-18)17-23(28)26-14-12-25(13-15-26)22-10-8-21(9-11-22)20-6-4-3-5-7-20/h3-11,16H,12-15,17H2,1-2H3. The minimum absolute atomic E-state index is 0.144. The zero-order chi connectivity index (χ0) is 19.5. The maximum Gasteiger partial charge on any atom is 0.244 e. The van der Waals surface area contributed by atoms with E-state index in [1.807, 2.05) is 30.9 Å². The molecule has 0 bridgehead atoms. The molecule has 5 nitrogen and oxygen atoms in total. The SMILES string of the molecule is Cc1cc(C)n(CC(=O)N2CCN(c3ccc(-c4ccccc4)cc3)CC2)n1. The van der Waals surface area contributed by atoms with E-state index >= 15 is 0 Å². The van der Waals surface area contributed by atoms with E-state index in [0.717, 1.165) is 37.6 Å². The fourth-order valence-corrected chi connectivity index (χ4v) is 3.77. The molecule has 144 valence electrons. The van der Waals surface area contributed by atoms with Crippen LogP contribution in [0.2, 0.25) is 0 Å². The van der Waals surface area contributed by atoms with Gasteiger partial charge in [-0.1, -0.05) is 42.5 Å². The number of anilines is 1. The van der Waals surface area contributed by atoms with Gasteiger partial charge < -0.3 is 9.80 Å². The first-order valence-corrected chi connectivity index (χ1v) is 9.79. The molecule has 28 heavy (non-hydrogen) atoms. The normalized spacial score (nSPS) is 14.4. The Labute approximate surface area is 166 Å². The number of nitrogens with zero attached hydrogens (tertiary/aromatic N) is 4. The zero-order valence-corrected chi connectivity index (χ0v) is 16.5. The van der Waals surface area contributed by atoms with Crippen LogP contribution in [0.5, 0.6) is 0 Å². The van der Waals surface area contributed by atoms with Gasteiger partial charge in [0.25, 0.3) is 0 Å². The molecule has 1 saturated heterocycles. The molecule has 5 heteroatoms. The fourth-order valence-electron chi connectivity index (χ4n) is 3.77. The van der Waals surface area contributed by atoms with E-state index in [2.05, 4.69) is 58.5 Å². The average molecular weight is 374 g/mol. The van der Waals surface area contributed by atoms with Gasteiger partial charge in [0.2, 0.25) is 5.91 Å². The summed E-state index contributed by atoms with van der Waals surface area (Å²) in [6.07, 6.45) is 0. The number of amides is 1. The molecule has 2 heterocycles. The van der Waals surface area contributed by atoms with Gasteiger partial charge in [-0.3, -0.25) is 9.48 Å². The second-order valence-corrected chi connectivity index (χ2v) is 7.37. The van der Waals surface area contributed by atoms with Gasteiger partial charge in [-0.25, -0.2) is 0 Å². The number of hydrogen-bond donors (Lipinski definition) is 0. The van der Waals surface area contributed by atoms with E-state index in [4.69, 9.17) is 0 Å². The predicted octanol–water partition coefficient (Wildman–Crippen LogP) is 3.52. The Hall–Kier alpha value is -3.08. The van der Waals surface area contributed by atoms with Crippen molar-refractivity contribution in [2.45, 2.75) is 20.4 Å². The summed E-state index contributed by atoms with van der Waals surface area (Å²) in [6.45, 7) is 7.48. The minimum Gasteiger partial charge on any atom is -0.368 e. The highest BCUT2D eigenvalue weighted by atomic mass is 16.2. The fraction of sp³-hybridized carbons (Fsp3) is 0.304. The summed E-state index contributed by atoms with van der Waals surface area (Å²) in [5.41, 5.74) is 5.65. The van der Waals surface area contributed by atoms with Gasteiger partial charge in [-0.2, -0.15) is 5.10 Å². The van der Waals surface area contributed by atoms with E-state index in [0.29, 0.717) is 6.54 Å². The van der Waals surface area contributed by atoms with Crippen LogP contribution < -0.4 is 4.90 Å². The van der Waals surface area contributed by atoms with E-state index < -0.39 is 0 Å². The number of hydrogen-bond acceptors (Lipinski definition) is 3. The van der Waals surface area contributed by atoms with Gasteiger partial charge in [-0.05, 0) is 43.2 Å². The van der Waals surface area contributed by atoms with Crippen molar-refractivity contribution in [3.8, 4) is 11.1 Å². The van der Waals surface area contributed by atoms with Crippen molar-refractivity contribution in [2.24, 2.45) is 0 Å². The smallest absolute Gasteiger partial charge is 0.244 e. The lowest BCUT2D eigenvalue weighted by molar-refractivity contribution is -0.132. The molecule has 1 aliphatic heterocycles. The molecule has 0 saturated carbocycles. The van der Waals surface area contributed by atoms with Crippen molar-refractivity contribution >= 4 is 11.6 Å². The second-order valence-electron chi connectivity index (χ2n) is 7.37. The first-order valence-electron chi connectivity index (χ1n) is 9.79. The van der Waals surface area contributed by atoms with Gasteiger partial charge in [0.15, 0.2) is 0 Å². The molecule has 1 amide bonds. The molecular weight excluding hydrogens is 348 g/mol. The van der Waals surface area contributed by atoms with Gasteiger partial charge in [0.05, 0.1) is 5.69 Å². The molecule has 0 spiro atoms. The summed E-state index contributed by atoms with van der Waals surface area (Å²) >= 11 is 0.